The molecule has 0 N–H and O–H groups in total. The van der Waals surface area contributed by atoms with E-state index in [1.807, 2.05) is 0 Å². The summed E-state index contributed by atoms with van der Waals surface area (Å²) in [6.45, 7) is 3.46. The molecule has 0 atom stereocenters. The number of carbonyl (C=O) groups is 2. The lowest BCUT2D eigenvalue weighted by atomic mass is 10.0. The molecule has 0 radical (unpaired) electrons. The van der Waals surface area contributed by atoms with Gasteiger partial charge in [0.05, 0.1) is 6.10 Å². The molecule has 2 rings (SSSR count). The lowest BCUT2D eigenvalue weighted by Crippen LogP contribution is -2.15. The van der Waals surface area contributed by atoms with Crippen LogP contribution in [-0.2, 0) is 4.74 Å². The van der Waals surface area contributed by atoms with E-state index in [4.69, 9.17) is 21.1 Å². The molecule has 0 aliphatic carbocycles. The molecule has 4 nitrogen and oxygen atoms in total. The lowest BCUT2D eigenvalue weighted by Gasteiger charge is -2.08. The van der Waals surface area contributed by atoms with Crippen molar-refractivity contribution in [1.82, 2.24) is 0 Å². The highest BCUT2D eigenvalue weighted by atomic mass is 35.5. The highest BCUT2D eigenvalue weighted by Gasteiger charge is 2.11. The molecule has 0 unspecified atom stereocenters. The number of hydrogen-bond acceptors (Lipinski definition) is 4. The second-order valence-corrected chi connectivity index (χ2v) is 5.32. The molecule has 0 aliphatic rings. The van der Waals surface area contributed by atoms with Gasteiger partial charge in [0.15, 0.2) is 5.78 Å². The second kappa shape index (κ2) is 7.09. The fourth-order valence-corrected chi connectivity index (χ4v) is 1.88. The van der Waals surface area contributed by atoms with Gasteiger partial charge in [-0.25, -0.2) is 4.79 Å². The Morgan fingerprint density at radius 2 is 1.41 bits per heavy atom. The third kappa shape index (κ3) is 4.33. The first-order valence-electron chi connectivity index (χ1n) is 6.74. The van der Waals surface area contributed by atoms with Gasteiger partial charge in [-0.1, -0.05) is 11.6 Å². The van der Waals surface area contributed by atoms with Crippen molar-refractivity contribution in [3.05, 3.63) is 64.7 Å². The molecule has 0 spiro atoms. The van der Waals surface area contributed by atoms with Crippen molar-refractivity contribution >= 4 is 23.5 Å². The topological polar surface area (TPSA) is 52.6 Å². The van der Waals surface area contributed by atoms with E-state index in [1.165, 1.54) is 0 Å². The van der Waals surface area contributed by atoms with Crippen molar-refractivity contribution in [2.75, 3.05) is 0 Å². The zero-order valence-corrected chi connectivity index (χ0v) is 13.0. The fourth-order valence-electron chi connectivity index (χ4n) is 1.76. The number of benzene rings is 2. The van der Waals surface area contributed by atoms with Crippen LogP contribution in [0, 0.1) is 0 Å². The summed E-state index contributed by atoms with van der Waals surface area (Å²) in [5.41, 5.74) is 1.03. The third-order valence-corrected chi connectivity index (χ3v) is 3.01. The first kappa shape index (κ1) is 16.0. The number of hydrogen-bond donors (Lipinski definition) is 0. The Morgan fingerprint density at radius 3 is 1.91 bits per heavy atom. The molecule has 5 heteroatoms. The standard InChI is InChI=1S/C17H15ClO4/c1-11(2)21-17(20)22-15-9-5-13(6-10-15)16(19)12-3-7-14(18)8-4-12/h3-11H,1-2H3. The summed E-state index contributed by atoms with van der Waals surface area (Å²) in [6.07, 6.45) is -1.02. The molecule has 2 aromatic rings. The minimum Gasteiger partial charge on any atom is -0.431 e. The van der Waals surface area contributed by atoms with Gasteiger partial charge in [0.1, 0.15) is 5.75 Å². The summed E-state index contributed by atoms with van der Waals surface area (Å²) in [5.74, 6) is 0.186. The molecular formula is C17H15ClO4. The van der Waals surface area contributed by atoms with E-state index in [9.17, 15) is 9.59 Å². The van der Waals surface area contributed by atoms with Crippen molar-refractivity contribution in [2.45, 2.75) is 20.0 Å². The lowest BCUT2D eigenvalue weighted by molar-refractivity contribution is 0.0729. The van der Waals surface area contributed by atoms with E-state index in [0.29, 0.717) is 21.9 Å². The Balaban J connectivity index is 2.06. The number of halogens is 1. The van der Waals surface area contributed by atoms with E-state index >= 15 is 0 Å². The molecule has 0 saturated heterocycles. The summed E-state index contributed by atoms with van der Waals surface area (Å²) in [7, 11) is 0. The SMILES string of the molecule is CC(C)OC(=O)Oc1ccc(C(=O)c2ccc(Cl)cc2)cc1. The molecule has 0 fully saturated rings. The van der Waals surface area contributed by atoms with Gasteiger partial charge in [-0.05, 0) is 62.4 Å². The molecule has 0 aliphatic heterocycles. The molecule has 0 aromatic heterocycles. The maximum absolute atomic E-state index is 12.3. The number of rotatable bonds is 4. The van der Waals surface area contributed by atoms with E-state index in [-0.39, 0.29) is 11.9 Å². The predicted molar refractivity (Wildman–Crippen MR) is 83.6 cm³/mol. The van der Waals surface area contributed by atoms with Crippen LogP contribution in [0.3, 0.4) is 0 Å². The van der Waals surface area contributed by atoms with Crippen molar-refractivity contribution in [3.8, 4) is 5.75 Å². The summed E-state index contributed by atoms with van der Waals surface area (Å²) < 4.78 is 9.86. The van der Waals surface area contributed by atoms with Crippen LogP contribution in [0.2, 0.25) is 5.02 Å². The van der Waals surface area contributed by atoms with Gasteiger partial charge in [0.25, 0.3) is 0 Å². The van der Waals surface area contributed by atoms with Crippen LogP contribution < -0.4 is 4.74 Å². The highest BCUT2D eigenvalue weighted by molar-refractivity contribution is 6.30. The Hall–Kier alpha value is -2.33. The minimum absolute atomic E-state index is 0.132. The largest absolute Gasteiger partial charge is 0.514 e. The smallest absolute Gasteiger partial charge is 0.431 e. The molecule has 22 heavy (non-hydrogen) atoms. The van der Waals surface area contributed by atoms with Gasteiger partial charge >= 0.3 is 6.16 Å². The summed E-state index contributed by atoms with van der Waals surface area (Å²) in [5, 5.41) is 0.573. The van der Waals surface area contributed by atoms with Crippen LogP contribution in [0.15, 0.2) is 48.5 Å². The van der Waals surface area contributed by atoms with Crippen molar-refractivity contribution in [3.63, 3.8) is 0 Å². The van der Waals surface area contributed by atoms with Gasteiger partial charge in [-0.15, -0.1) is 0 Å². The number of ether oxygens (including phenoxy) is 2. The molecule has 0 heterocycles. The zero-order valence-electron chi connectivity index (χ0n) is 12.2. The van der Waals surface area contributed by atoms with Gasteiger partial charge < -0.3 is 9.47 Å². The Labute approximate surface area is 133 Å². The molecule has 114 valence electrons. The van der Waals surface area contributed by atoms with Crippen molar-refractivity contribution in [2.24, 2.45) is 0 Å². The van der Waals surface area contributed by atoms with Gasteiger partial charge in [-0.2, -0.15) is 0 Å². The van der Waals surface area contributed by atoms with E-state index in [0.717, 1.165) is 0 Å². The quantitative estimate of drug-likeness (QED) is 0.473. The normalized spacial score (nSPS) is 10.4. The van der Waals surface area contributed by atoms with Crippen molar-refractivity contribution in [1.29, 1.82) is 0 Å². The number of carbonyl (C=O) groups excluding carboxylic acids is 2. The van der Waals surface area contributed by atoms with E-state index in [1.54, 1.807) is 62.4 Å². The van der Waals surface area contributed by atoms with Gasteiger partial charge in [-0.3, -0.25) is 4.79 Å². The first-order chi connectivity index (χ1) is 10.5. The Bertz CT molecular complexity index is 660. The van der Waals surface area contributed by atoms with Crippen LogP contribution in [0.5, 0.6) is 5.75 Å². The van der Waals surface area contributed by atoms with E-state index in [2.05, 4.69) is 0 Å². The zero-order chi connectivity index (χ0) is 16.1. The van der Waals surface area contributed by atoms with Crippen molar-refractivity contribution < 1.29 is 19.1 Å². The molecule has 2 aromatic carbocycles. The predicted octanol–water partition coefficient (Wildman–Crippen LogP) is 4.49. The van der Waals surface area contributed by atoms with E-state index < -0.39 is 6.16 Å². The van der Waals surface area contributed by atoms with Crippen LogP contribution in [0.4, 0.5) is 4.79 Å². The van der Waals surface area contributed by atoms with Crippen LogP contribution in [-0.4, -0.2) is 18.0 Å². The second-order valence-electron chi connectivity index (χ2n) is 4.88. The maximum atomic E-state index is 12.3. The minimum atomic E-state index is -0.772. The summed E-state index contributed by atoms with van der Waals surface area (Å²) in [6, 6.07) is 12.9. The Morgan fingerprint density at radius 1 is 0.909 bits per heavy atom. The van der Waals surface area contributed by atoms with Crippen LogP contribution in [0.25, 0.3) is 0 Å². The first-order valence-corrected chi connectivity index (χ1v) is 7.12. The summed E-state index contributed by atoms with van der Waals surface area (Å²) in [4.78, 5) is 23.6. The van der Waals surface area contributed by atoms with Gasteiger partial charge in [0.2, 0.25) is 0 Å². The Kier molecular flexibility index (Phi) is 5.17. The molecule has 0 amide bonds. The molecule has 0 saturated carbocycles. The maximum Gasteiger partial charge on any atom is 0.514 e. The van der Waals surface area contributed by atoms with Crippen LogP contribution >= 0.6 is 11.6 Å². The van der Waals surface area contributed by atoms with Gasteiger partial charge in [0, 0.05) is 16.1 Å². The fraction of sp³-hybridized carbons (Fsp3) is 0.176. The monoisotopic (exact) mass is 318 g/mol. The summed E-state index contributed by atoms with van der Waals surface area (Å²) >= 11 is 5.80. The third-order valence-electron chi connectivity index (χ3n) is 2.76. The molecule has 0 bridgehead atoms. The number of ketones is 1. The molecular weight excluding hydrogens is 304 g/mol. The highest BCUT2D eigenvalue weighted by Crippen LogP contribution is 2.17. The average Bonchev–Trinajstić information content (AvgIpc) is 2.47. The van der Waals surface area contributed by atoms with Crippen LogP contribution in [0.1, 0.15) is 29.8 Å². The average molecular weight is 319 g/mol.